The molecular formula is C50H30N4O. The molecule has 0 spiro atoms. The summed E-state index contributed by atoms with van der Waals surface area (Å²) in [6, 6.07) is 63.9. The van der Waals surface area contributed by atoms with Gasteiger partial charge < -0.3 is 13.6 Å². The summed E-state index contributed by atoms with van der Waals surface area (Å²) in [6.07, 6.45) is 0. The van der Waals surface area contributed by atoms with Crippen LogP contribution in [-0.2, 0) is 0 Å². The monoisotopic (exact) mass is 702 g/mol. The maximum absolute atomic E-state index is 7.02. The number of nitrogens with zero attached hydrogens (tertiary/aromatic N) is 4. The van der Waals surface area contributed by atoms with E-state index in [0.717, 1.165) is 93.9 Å². The van der Waals surface area contributed by atoms with Gasteiger partial charge in [0.25, 0.3) is 0 Å². The van der Waals surface area contributed by atoms with E-state index in [1.807, 2.05) is 24.3 Å². The lowest BCUT2D eigenvalue weighted by Gasteiger charge is -2.13. The standard InChI is InChI=1S/C50H30N4O/c1-4-16-31(17-5-1)46-38-30-34(28-29-39(38)51-50(52-46)32-18-6-2-7-19-32)54-41-26-14-11-23-36(41)45-47-43(44-37-24-12-15-27-42(37)55-49(44)48(45)54)35-22-10-13-25-40(35)53(47)33-20-8-3-9-21-33/h1-30H. The van der Waals surface area contributed by atoms with Crippen molar-refractivity contribution >= 4 is 76.5 Å². The number of hydrogen-bond donors (Lipinski definition) is 0. The normalized spacial score (nSPS) is 12.0. The van der Waals surface area contributed by atoms with Crippen molar-refractivity contribution in [2.45, 2.75) is 0 Å². The molecule has 4 heterocycles. The van der Waals surface area contributed by atoms with Crippen LogP contribution < -0.4 is 0 Å². The first kappa shape index (κ1) is 30.0. The van der Waals surface area contributed by atoms with Crippen molar-refractivity contribution in [3.63, 3.8) is 0 Å². The minimum Gasteiger partial charge on any atom is -0.454 e. The largest absolute Gasteiger partial charge is 0.454 e. The zero-order chi connectivity index (χ0) is 36.0. The van der Waals surface area contributed by atoms with Crippen molar-refractivity contribution in [3.05, 3.63) is 182 Å². The van der Waals surface area contributed by atoms with Gasteiger partial charge in [-0.2, -0.15) is 0 Å². The minimum absolute atomic E-state index is 0.705. The van der Waals surface area contributed by atoms with Gasteiger partial charge in [0, 0.05) is 60.2 Å². The molecule has 0 atom stereocenters. The van der Waals surface area contributed by atoms with Gasteiger partial charge in [0.05, 0.1) is 33.3 Å². The average molecular weight is 703 g/mol. The van der Waals surface area contributed by atoms with Crippen LogP contribution in [0.1, 0.15) is 0 Å². The second-order valence-corrected chi connectivity index (χ2v) is 14.1. The number of rotatable bonds is 4. The molecule has 4 aromatic heterocycles. The highest BCUT2D eigenvalue weighted by atomic mass is 16.3. The van der Waals surface area contributed by atoms with Crippen molar-refractivity contribution < 1.29 is 4.42 Å². The first-order chi connectivity index (χ1) is 27.3. The number of fused-ring (bicyclic) bond motifs is 13. The summed E-state index contributed by atoms with van der Waals surface area (Å²) in [5.74, 6) is 0.705. The second kappa shape index (κ2) is 11.5. The van der Waals surface area contributed by atoms with Gasteiger partial charge in [-0.05, 0) is 48.5 Å². The molecule has 12 rings (SSSR count). The molecule has 5 heteroatoms. The Kier molecular flexibility index (Phi) is 6.27. The lowest BCUT2D eigenvalue weighted by atomic mass is 10.0. The number of hydrogen-bond acceptors (Lipinski definition) is 3. The highest BCUT2D eigenvalue weighted by molar-refractivity contribution is 6.39. The van der Waals surface area contributed by atoms with Gasteiger partial charge in [-0.1, -0.05) is 133 Å². The maximum atomic E-state index is 7.02. The molecule has 5 nitrogen and oxygen atoms in total. The number of aromatic nitrogens is 4. The molecule has 0 bridgehead atoms. The van der Waals surface area contributed by atoms with E-state index in [9.17, 15) is 0 Å². The van der Waals surface area contributed by atoms with Crippen LogP contribution >= 0.6 is 0 Å². The van der Waals surface area contributed by atoms with Gasteiger partial charge >= 0.3 is 0 Å². The van der Waals surface area contributed by atoms with Gasteiger partial charge in [0.2, 0.25) is 0 Å². The molecule has 0 amide bonds. The van der Waals surface area contributed by atoms with Crippen molar-refractivity contribution in [1.82, 2.24) is 19.1 Å². The van der Waals surface area contributed by atoms with Gasteiger partial charge in [-0.3, -0.25) is 0 Å². The molecule has 0 fully saturated rings. The van der Waals surface area contributed by atoms with E-state index in [-0.39, 0.29) is 0 Å². The molecule has 0 aliphatic carbocycles. The average Bonchev–Trinajstić information content (AvgIpc) is 3.92. The van der Waals surface area contributed by atoms with E-state index >= 15 is 0 Å². The summed E-state index contributed by atoms with van der Waals surface area (Å²) in [4.78, 5) is 10.4. The van der Waals surface area contributed by atoms with Crippen LogP contribution in [0.3, 0.4) is 0 Å². The predicted molar refractivity (Wildman–Crippen MR) is 226 cm³/mol. The summed E-state index contributed by atoms with van der Waals surface area (Å²) in [6.45, 7) is 0. The summed E-state index contributed by atoms with van der Waals surface area (Å²) in [5.41, 5.74) is 12.1. The second-order valence-electron chi connectivity index (χ2n) is 14.1. The number of benzene rings is 8. The highest BCUT2D eigenvalue weighted by Crippen LogP contribution is 2.49. The van der Waals surface area contributed by atoms with Gasteiger partial charge in [0.15, 0.2) is 11.4 Å². The zero-order valence-electron chi connectivity index (χ0n) is 29.5. The SMILES string of the molecule is c1ccc(-c2nc(-c3ccccc3)c3cc(-n4c5ccccc5c5c4c4oc6ccccc6c4c4c6ccccc6n(-c6ccccc6)c45)ccc3n2)cc1. The topological polar surface area (TPSA) is 48.8 Å². The fraction of sp³-hybridized carbons (Fsp3) is 0. The maximum Gasteiger partial charge on any atom is 0.160 e. The minimum atomic E-state index is 0.705. The van der Waals surface area contributed by atoms with E-state index in [4.69, 9.17) is 14.4 Å². The van der Waals surface area contributed by atoms with Crippen molar-refractivity contribution in [3.8, 4) is 34.0 Å². The van der Waals surface area contributed by atoms with Crippen LogP contribution in [0.4, 0.5) is 0 Å². The van der Waals surface area contributed by atoms with Crippen LogP contribution in [0.25, 0.3) is 110 Å². The Hall–Kier alpha value is -7.50. The summed E-state index contributed by atoms with van der Waals surface area (Å²) in [5, 5.41) is 7.90. The first-order valence-electron chi connectivity index (χ1n) is 18.6. The van der Waals surface area contributed by atoms with Gasteiger partial charge in [-0.25, -0.2) is 9.97 Å². The molecule has 8 aromatic carbocycles. The van der Waals surface area contributed by atoms with E-state index in [2.05, 4.69) is 167 Å². The smallest absolute Gasteiger partial charge is 0.160 e. The summed E-state index contributed by atoms with van der Waals surface area (Å²) >= 11 is 0. The molecule has 12 aromatic rings. The molecule has 0 saturated carbocycles. The van der Waals surface area contributed by atoms with Crippen molar-refractivity contribution in [2.75, 3.05) is 0 Å². The Balaban J connectivity index is 1.28. The fourth-order valence-corrected chi connectivity index (χ4v) is 8.79. The Labute approximate surface area is 315 Å². The van der Waals surface area contributed by atoms with E-state index in [1.165, 1.54) is 10.8 Å². The quantitative estimate of drug-likeness (QED) is 0.183. The third-order valence-electron chi connectivity index (χ3n) is 11.1. The molecule has 256 valence electrons. The lowest BCUT2D eigenvalue weighted by molar-refractivity contribution is 0.671. The van der Waals surface area contributed by atoms with Crippen molar-refractivity contribution in [2.24, 2.45) is 0 Å². The van der Waals surface area contributed by atoms with Crippen LogP contribution in [0.5, 0.6) is 0 Å². The molecule has 55 heavy (non-hydrogen) atoms. The van der Waals surface area contributed by atoms with Crippen LogP contribution in [-0.4, -0.2) is 19.1 Å². The van der Waals surface area contributed by atoms with Crippen LogP contribution in [0.2, 0.25) is 0 Å². The Morgan fingerprint density at radius 3 is 1.71 bits per heavy atom. The van der Waals surface area contributed by atoms with E-state index < -0.39 is 0 Å². The molecule has 0 radical (unpaired) electrons. The van der Waals surface area contributed by atoms with Crippen molar-refractivity contribution in [1.29, 1.82) is 0 Å². The molecular weight excluding hydrogens is 673 g/mol. The molecule has 0 N–H and O–H groups in total. The fourth-order valence-electron chi connectivity index (χ4n) is 8.79. The molecule has 0 aliphatic heterocycles. The van der Waals surface area contributed by atoms with Gasteiger partial charge in [0.1, 0.15) is 5.58 Å². The predicted octanol–water partition coefficient (Wildman–Crippen LogP) is 13.1. The van der Waals surface area contributed by atoms with Crippen LogP contribution in [0, 0.1) is 0 Å². The highest BCUT2D eigenvalue weighted by Gasteiger charge is 2.28. The summed E-state index contributed by atoms with van der Waals surface area (Å²) in [7, 11) is 0. The Bertz CT molecular complexity index is 3470. The Morgan fingerprint density at radius 2 is 0.982 bits per heavy atom. The molecule has 0 aliphatic rings. The van der Waals surface area contributed by atoms with Gasteiger partial charge in [-0.15, -0.1) is 0 Å². The summed E-state index contributed by atoms with van der Waals surface area (Å²) < 4.78 is 11.9. The third-order valence-corrected chi connectivity index (χ3v) is 11.1. The molecule has 0 unspecified atom stereocenters. The van der Waals surface area contributed by atoms with E-state index in [1.54, 1.807) is 0 Å². The third kappa shape index (κ3) is 4.29. The Morgan fingerprint density at radius 1 is 0.400 bits per heavy atom. The zero-order valence-corrected chi connectivity index (χ0v) is 29.5. The lowest BCUT2D eigenvalue weighted by Crippen LogP contribution is -1.99. The number of furan rings is 1. The molecule has 0 saturated heterocycles. The van der Waals surface area contributed by atoms with Crippen LogP contribution in [0.15, 0.2) is 186 Å². The van der Waals surface area contributed by atoms with E-state index in [0.29, 0.717) is 5.82 Å². The first-order valence-corrected chi connectivity index (χ1v) is 18.6. The number of para-hydroxylation sites is 4.